The van der Waals surface area contributed by atoms with E-state index in [2.05, 4.69) is 16.2 Å². The summed E-state index contributed by atoms with van der Waals surface area (Å²) in [4.78, 5) is 19.1. The van der Waals surface area contributed by atoms with Crippen molar-refractivity contribution in [2.24, 2.45) is 0 Å². The third-order valence-electron chi connectivity index (χ3n) is 2.93. The van der Waals surface area contributed by atoms with Crippen molar-refractivity contribution in [2.45, 2.75) is 25.3 Å². The molecule has 1 aromatic carbocycles. The largest absolute Gasteiger partial charge is 0.340 e. The number of carbonyl (C=O) groups is 1. The molecule has 0 bridgehead atoms. The van der Waals surface area contributed by atoms with Gasteiger partial charge >= 0.3 is 0 Å². The summed E-state index contributed by atoms with van der Waals surface area (Å²) < 4.78 is 4.94. The van der Waals surface area contributed by atoms with Gasteiger partial charge in [0, 0.05) is 11.8 Å². The lowest BCUT2D eigenvalue weighted by atomic mass is 10.2. The lowest BCUT2D eigenvalue weighted by Gasteiger charge is -2.28. The number of aromatic nitrogens is 2. The van der Waals surface area contributed by atoms with Crippen molar-refractivity contribution in [3.63, 3.8) is 0 Å². The fourth-order valence-corrected chi connectivity index (χ4v) is 3.06. The van der Waals surface area contributed by atoms with Gasteiger partial charge in [0.15, 0.2) is 5.82 Å². The van der Waals surface area contributed by atoms with Crippen LogP contribution in [-0.2, 0) is 11.3 Å². The van der Waals surface area contributed by atoms with Crippen LogP contribution in [0.25, 0.3) is 0 Å². The first-order valence-electron chi connectivity index (χ1n) is 5.96. The van der Waals surface area contributed by atoms with E-state index in [9.17, 15) is 4.79 Å². The van der Waals surface area contributed by atoms with Crippen LogP contribution in [-0.4, -0.2) is 21.8 Å². The average molecular weight is 275 g/mol. The molecule has 0 radical (unpaired) electrons. The molecule has 0 aliphatic carbocycles. The third kappa shape index (κ3) is 2.35. The number of aryl methyl sites for hydroxylation is 2. The Morgan fingerprint density at radius 2 is 2.26 bits per heavy atom. The maximum atomic E-state index is 12.1. The molecule has 98 valence electrons. The van der Waals surface area contributed by atoms with Gasteiger partial charge in [-0.15, -0.1) is 11.8 Å². The lowest BCUT2D eigenvalue weighted by molar-refractivity contribution is -0.116. The number of hydrogen-bond acceptors (Lipinski definition) is 5. The van der Waals surface area contributed by atoms with E-state index < -0.39 is 0 Å². The maximum absolute atomic E-state index is 12.1. The molecule has 5 nitrogen and oxygen atoms in total. The highest BCUT2D eigenvalue weighted by Gasteiger charge is 2.26. The number of nitrogens with zero attached hydrogens (tertiary/aromatic N) is 3. The Kier molecular flexibility index (Phi) is 3.02. The van der Waals surface area contributed by atoms with E-state index in [0.717, 1.165) is 10.6 Å². The molecule has 0 saturated carbocycles. The van der Waals surface area contributed by atoms with Crippen molar-refractivity contribution in [2.75, 3.05) is 10.7 Å². The Labute approximate surface area is 115 Å². The molecule has 1 aromatic heterocycles. The highest BCUT2D eigenvalue weighted by atomic mass is 32.2. The number of carbonyl (C=O) groups excluding carboxylic acids is 1. The topological polar surface area (TPSA) is 59.2 Å². The predicted octanol–water partition coefficient (Wildman–Crippen LogP) is 2.33. The maximum Gasteiger partial charge on any atom is 0.237 e. The van der Waals surface area contributed by atoms with E-state index in [-0.39, 0.29) is 5.91 Å². The van der Waals surface area contributed by atoms with E-state index in [1.54, 1.807) is 23.6 Å². The van der Waals surface area contributed by atoms with Crippen molar-refractivity contribution >= 4 is 23.4 Å². The molecule has 1 amide bonds. The Balaban J connectivity index is 1.94. The van der Waals surface area contributed by atoms with Crippen LogP contribution in [0.4, 0.5) is 5.69 Å². The van der Waals surface area contributed by atoms with Gasteiger partial charge in [0.1, 0.15) is 0 Å². The number of rotatable bonds is 2. The van der Waals surface area contributed by atoms with Crippen molar-refractivity contribution < 1.29 is 9.32 Å². The van der Waals surface area contributed by atoms with Crippen LogP contribution in [0.2, 0.25) is 0 Å². The summed E-state index contributed by atoms with van der Waals surface area (Å²) in [5, 5.41) is 3.85. The van der Waals surface area contributed by atoms with E-state index in [4.69, 9.17) is 4.52 Å². The van der Waals surface area contributed by atoms with E-state index in [0.29, 0.717) is 24.0 Å². The Morgan fingerprint density at radius 1 is 1.42 bits per heavy atom. The van der Waals surface area contributed by atoms with E-state index >= 15 is 0 Å². The zero-order chi connectivity index (χ0) is 13.4. The zero-order valence-corrected chi connectivity index (χ0v) is 11.5. The minimum atomic E-state index is 0.0730. The van der Waals surface area contributed by atoms with Gasteiger partial charge in [-0.1, -0.05) is 11.2 Å². The fourth-order valence-electron chi connectivity index (χ4n) is 2.03. The van der Waals surface area contributed by atoms with Crippen LogP contribution in [0.1, 0.15) is 17.3 Å². The number of amides is 1. The second kappa shape index (κ2) is 4.70. The van der Waals surface area contributed by atoms with Gasteiger partial charge in [-0.05, 0) is 24.6 Å². The quantitative estimate of drug-likeness (QED) is 0.841. The summed E-state index contributed by atoms with van der Waals surface area (Å²) >= 11 is 1.58. The molecule has 19 heavy (non-hydrogen) atoms. The van der Waals surface area contributed by atoms with Gasteiger partial charge in [-0.2, -0.15) is 4.98 Å². The average Bonchev–Trinajstić information content (AvgIpc) is 2.78. The number of benzene rings is 1. The zero-order valence-electron chi connectivity index (χ0n) is 10.7. The minimum Gasteiger partial charge on any atom is -0.340 e. The van der Waals surface area contributed by atoms with Gasteiger partial charge in [0.25, 0.3) is 0 Å². The van der Waals surface area contributed by atoms with Crippen molar-refractivity contribution in [3.05, 3.63) is 35.5 Å². The van der Waals surface area contributed by atoms with Crippen molar-refractivity contribution in [1.82, 2.24) is 10.1 Å². The fraction of sp³-hybridized carbons (Fsp3) is 0.308. The lowest BCUT2D eigenvalue weighted by Crippen LogP contribution is -2.35. The van der Waals surface area contributed by atoms with Crippen molar-refractivity contribution in [1.29, 1.82) is 0 Å². The standard InChI is InChI=1S/C13H13N3O2S/c1-8-3-4-10-11(5-8)19-7-13(17)16(10)6-12-14-9(2)18-15-12/h3-5H,6-7H2,1-2H3. The Bertz CT molecular complexity index is 639. The summed E-state index contributed by atoms with van der Waals surface area (Å²) in [6, 6.07) is 6.08. The van der Waals surface area contributed by atoms with Crippen LogP contribution < -0.4 is 4.90 Å². The first kappa shape index (κ1) is 12.2. The smallest absolute Gasteiger partial charge is 0.237 e. The molecule has 0 fully saturated rings. The molecular weight excluding hydrogens is 262 g/mol. The summed E-state index contributed by atoms with van der Waals surface area (Å²) in [5.41, 5.74) is 2.12. The minimum absolute atomic E-state index is 0.0730. The molecule has 0 saturated heterocycles. The second-order valence-corrected chi connectivity index (χ2v) is 5.49. The van der Waals surface area contributed by atoms with Gasteiger partial charge in [-0.25, -0.2) is 0 Å². The Hall–Kier alpha value is -1.82. The predicted molar refractivity (Wildman–Crippen MR) is 72.1 cm³/mol. The normalized spacial score (nSPS) is 14.6. The van der Waals surface area contributed by atoms with Crippen LogP contribution in [0.15, 0.2) is 27.6 Å². The Morgan fingerprint density at radius 3 is 3.00 bits per heavy atom. The monoisotopic (exact) mass is 275 g/mol. The molecule has 3 rings (SSSR count). The molecule has 2 aromatic rings. The SMILES string of the molecule is Cc1ccc2c(c1)SCC(=O)N2Cc1noc(C)n1. The first-order valence-corrected chi connectivity index (χ1v) is 6.95. The number of thioether (sulfide) groups is 1. The van der Waals surface area contributed by atoms with E-state index in [1.165, 1.54) is 5.56 Å². The summed E-state index contributed by atoms with van der Waals surface area (Å²) in [7, 11) is 0. The van der Waals surface area contributed by atoms with Crippen LogP contribution in [0, 0.1) is 13.8 Å². The molecule has 0 N–H and O–H groups in total. The highest BCUT2D eigenvalue weighted by Crippen LogP contribution is 2.36. The molecule has 2 heterocycles. The van der Waals surface area contributed by atoms with Gasteiger partial charge in [0.2, 0.25) is 11.8 Å². The molecular formula is C13H13N3O2S. The van der Waals surface area contributed by atoms with E-state index in [1.807, 2.05) is 19.1 Å². The van der Waals surface area contributed by atoms with Crippen LogP contribution in [0.5, 0.6) is 0 Å². The first-order chi connectivity index (χ1) is 9.13. The van der Waals surface area contributed by atoms with Crippen LogP contribution in [0.3, 0.4) is 0 Å². The number of hydrogen-bond donors (Lipinski definition) is 0. The summed E-state index contributed by atoms with van der Waals surface area (Å²) in [5.74, 6) is 1.57. The molecule has 6 heteroatoms. The molecule has 1 aliphatic rings. The molecule has 0 atom stereocenters. The van der Waals surface area contributed by atoms with Gasteiger partial charge < -0.3 is 9.42 Å². The van der Waals surface area contributed by atoms with Gasteiger partial charge in [-0.3, -0.25) is 4.79 Å². The number of anilines is 1. The molecule has 0 spiro atoms. The van der Waals surface area contributed by atoms with Crippen LogP contribution >= 0.6 is 11.8 Å². The summed E-state index contributed by atoms with van der Waals surface area (Å²) in [6.45, 7) is 4.14. The second-order valence-electron chi connectivity index (χ2n) is 4.47. The summed E-state index contributed by atoms with van der Waals surface area (Å²) in [6.07, 6.45) is 0. The highest BCUT2D eigenvalue weighted by molar-refractivity contribution is 8.00. The van der Waals surface area contributed by atoms with Crippen molar-refractivity contribution in [3.8, 4) is 0 Å². The third-order valence-corrected chi connectivity index (χ3v) is 3.96. The molecule has 1 aliphatic heterocycles. The number of fused-ring (bicyclic) bond motifs is 1. The van der Waals surface area contributed by atoms with Gasteiger partial charge in [0.05, 0.1) is 18.0 Å². The molecule has 0 unspecified atom stereocenters.